The van der Waals surface area contributed by atoms with Gasteiger partial charge < -0.3 is 9.13 Å². The van der Waals surface area contributed by atoms with Crippen molar-refractivity contribution in [2.24, 2.45) is 0 Å². The van der Waals surface area contributed by atoms with Gasteiger partial charge in [0.2, 0.25) is 0 Å². The van der Waals surface area contributed by atoms with Crippen LogP contribution in [0.4, 0.5) is 0 Å². The van der Waals surface area contributed by atoms with Crippen LogP contribution in [0, 0.1) is 0 Å². The van der Waals surface area contributed by atoms with Gasteiger partial charge in [0.05, 0.1) is 33.2 Å². The van der Waals surface area contributed by atoms with Gasteiger partial charge in [-0.25, -0.2) is 0 Å². The molecule has 0 unspecified atom stereocenters. The number of hydrogen-bond donors (Lipinski definition) is 0. The van der Waals surface area contributed by atoms with E-state index in [1.54, 1.807) is 0 Å². The van der Waals surface area contributed by atoms with E-state index in [4.69, 9.17) is 0 Å². The van der Waals surface area contributed by atoms with Crippen molar-refractivity contribution in [3.63, 3.8) is 0 Å². The van der Waals surface area contributed by atoms with E-state index in [9.17, 15) is 0 Å². The smallest absolute Gasteiger partial charge is 0.179 e. The molecule has 12 aromatic carbocycles. The van der Waals surface area contributed by atoms with Crippen molar-refractivity contribution < 1.29 is 0 Å². The summed E-state index contributed by atoms with van der Waals surface area (Å²) in [5.41, 5.74) is 16.7. The maximum absolute atomic E-state index is 2.71. The molecule has 2 aromatic heterocycles. The van der Waals surface area contributed by atoms with Gasteiger partial charge in [-0.05, 0) is 114 Å². The van der Waals surface area contributed by atoms with Gasteiger partial charge in [0, 0.05) is 27.2 Å². The van der Waals surface area contributed by atoms with Crippen LogP contribution in [-0.2, 0) is 5.41 Å². The zero-order chi connectivity index (χ0) is 50.2. The molecule has 0 fully saturated rings. The lowest BCUT2D eigenvalue weighted by Gasteiger charge is -2.34. The Hall–Kier alpha value is -9.54. The molecule has 0 saturated carbocycles. The van der Waals surface area contributed by atoms with Gasteiger partial charge in [-0.15, -0.1) is 0 Å². The van der Waals surface area contributed by atoms with Crippen LogP contribution in [0.3, 0.4) is 0 Å². The van der Waals surface area contributed by atoms with Crippen LogP contribution in [0.1, 0.15) is 22.3 Å². The summed E-state index contributed by atoms with van der Waals surface area (Å²) in [6.07, 6.45) is 0. The highest BCUT2D eigenvalue weighted by Gasteiger charge is 2.46. The number of rotatable bonds is 9. The highest BCUT2D eigenvalue weighted by atomic mass is 28.3. The minimum absolute atomic E-state index is 0.493. The van der Waals surface area contributed by atoms with Gasteiger partial charge in [-0.2, -0.15) is 0 Å². The summed E-state index contributed by atoms with van der Waals surface area (Å²) in [4.78, 5) is 0. The topological polar surface area (TPSA) is 9.86 Å². The van der Waals surface area contributed by atoms with Crippen LogP contribution in [0.2, 0.25) is 0 Å². The summed E-state index contributed by atoms with van der Waals surface area (Å²) >= 11 is 0. The molecule has 356 valence electrons. The maximum atomic E-state index is 2.53. The average Bonchev–Trinajstić information content (AvgIpc) is 4.14. The lowest BCUT2D eigenvalue weighted by molar-refractivity contribution is 0.769. The molecular formula is C73H50N2Si. The summed E-state index contributed by atoms with van der Waals surface area (Å²) in [5.74, 6) is 0. The van der Waals surface area contributed by atoms with E-state index in [0.29, 0.717) is 0 Å². The van der Waals surface area contributed by atoms with Crippen molar-refractivity contribution in [1.29, 1.82) is 0 Å². The molecule has 15 rings (SSSR count). The van der Waals surface area contributed by atoms with Crippen LogP contribution >= 0.6 is 0 Å². The summed E-state index contributed by atoms with van der Waals surface area (Å²) < 4.78 is 5.00. The molecule has 0 N–H and O–H groups in total. The predicted molar refractivity (Wildman–Crippen MR) is 321 cm³/mol. The van der Waals surface area contributed by atoms with Crippen LogP contribution in [-0.4, -0.2) is 17.2 Å². The van der Waals surface area contributed by atoms with E-state index in [-0.39, 0.29) is 0 Å². The molecule has 0 spiro atoms. The first-order chi connectivity index (χ1) is 37.7. The van der Waals surface area contributed by atoms with Gasteiger partial charge >= 0.3 is 0 Å². The van der Waals surface area contributed by atoms with Gasteiger partial charge in [-0.3, -0.25) is 0 Å². The Balaban J connectivity index is 0.926. The lowest BCUT2D eigenvalue weighted by Crippen LogP contribution is -2.74. The molecule has 0 saturated heterocycles. The molecule has 0 atom stereocenters. The number of aromatic nitrogens is 2. The first-order valence-corrected chi connectivity index (χ1v) is 28.4. The highest BCUT2D eigenvalue weighted by Crippen LogP contribution is 2.57. The van der Waals surface area contributed by atoms with E-state index in [0.717, 1.165) is 11.4 Å². The van der Waals surface area contributed by atoms with Crippen molar-refractivity contribution in [2.45, 2.75) is 5.41 Å². The maximum Gasteiger partial charge on any atom is 0.179 e. The number of benzene rings is 12. The molecule has 0 radical (unpaired) electrons. The van der Waals surface area contributed by atoms with Gasteiger partial charge in [0.1, 0.15) is 0 Å². The third kappa shape index (κ3) is 6.33. The number of para-hydroxylation sites is 2. The van der Waals surface area contributed by atoms with E-state index in [2.05, 4.69) is 312 Å². The molecule has 0 amide bonds. The van der Waals surface area contributed by atoms with Crippen LogP contribution < -0.4 is 20.7 Å². The molecule has 0 aliphatic heterocycles. The Labute approximate surface area is 443 Å². The van der Waals surface area contributed by atoms with E-state index in [1.807, 2.05) is 0 Å². The van der Waals surface area contributed by atoms with E-state index in [1.165, 1.54) is 109 Å². The molecule has 14 aromatic rings. The van der Waals surface area contributed by atoms with Gasteiger partial charge in [0.25, 0.3) is 0 Å². The summed E-state index contributed by atoms with van der Waals surface area (Å²) in [5, 5.41) is 10.4. The minimum atomic E-state index is -2.71. The molecule has 1 aliphatic carbocycles. The largest absolute Gasteiger partial charge is 0.309 e. The quantitative estimate of drug-likeness (QED) is 0.101. The highest BCUT2D eigenvalue weighted by molar-refractivity contribution is 7.19. The Morgan fingerprint density at radius 2 is 0.711 bits per heavy atom. The number of nitrogens with zero attached hydrogens (tertiary/aromatic N) is 2. The van der Waals surface area contributed by atoms with E-state index < -0.39 is 13.5 Å². The molecule has 1 aliphatic rings. The standard InChI is InChI=1S/C73H50N2Si/c1-6-24-52(25-7-1)73(53-26-8-2-9-27-53)64-38-19-16-34-60(64)61-49-44-51(50-65(61)73)59-37-22-41-68-71(59)62-35-17-21-40-67(62)75(68)70-43-23-42-69-72(70)63-36-18-20-39-66(63)74(69)54-45-47-58(48-46-54)76(55-28-10-3-11-29-55,56-30-12-4-13-31-56)57-32-14-5-15-33-57/h1-50H. The molecule has 3 heteroatoms. The van der Waals surface area contributed by atoms with Crippen molar-refractivity contribution in [2.75, 3.05) is 0 Å². The predicted octanol–water partition coefficient (Wildman–Crippen LogP) is 15.3. The second-order valence-electron chi connectivity index (χ2n) is 20.3. The normalized spacial score (nSPS) is 12.8. The zero-order valence-corrected chi connectivity index (χ0v) is 42.8. The fourth-order valence-electron chi connectivity index (χ4n) is 13.5. The molecule has 76 heavy (non-hydrogen) atoms. The van der Waals surface area contributed by atoms with Gasteiger partial charge in [0.15, 0.2) is 8.07 Å². The Kier molecular flexibility index (Phi) is 10.2. The van der Waals surface area contributed by atoms with Crippen molar-refractivity contribution in [1.82, 2.24) is 9.13 Å². The van der Waals surface area contributed by atoms with E-state index >= 15 is 0 Å². The first-order valence-electron chi connectivity index (χ1n) is 26.4. The summed E-state index contributed by atoms with van der Waals surface area (Å²) in [6.45, 7) is 0. The monoisotopic (exact) mass is 982 g/mol. The number of hydrogen-bond acceptors (Lipinski definition) is 0. The summed E-state index contributed by atoms with van der Waals surface area (Å²) in [7, 11) is -2.71. The molecule has 2 nitrogen and oxygen atoms in total. The fraction of sp³-hybridized carbons (Fsp3) is 0.0137. The van der Waals surface area contributed by atoms with Crippen molar-refractivity contribution >= 4 is 72.4 Å². The SMILES string of the molecule is c1ccc(C2(c3ccccc3)c3ccccc3-c3ccc(-c4cccc5c4c4ccccc4n5-c4cccc5c4c4ccccc4n5-c4ccc([Si](c5ccccc5)(c5ccccc5)c5ccccc5)cc4)cc32)cc1. The van der Waals surface area contributed by atoms with Crippen molar-refractivity contribution in [3.8, 4) is 33.6 Å². The van der Waals surface area contributed by atoms with Crippen LogP contribution in [0.15, 0.2) is 303 Å². The summed E-state index contributed by atoms with van der Waals surface area (Å²) in [6, 6.07) is 113. The Bertz CT molecular complexity index is 4350. The Morgan fingerprint density at radius 1 is 0.276 bits per heavy atom. The van der Waals surface area contributed by atoms with Crippen LogP contribution in [0.5, 0.6) is 0 Å². The molecule has 0 bridgehead atoms. The zero-order valence-electron chi connectivity index (χ0n) is 41.8. The minimum Gasteiger partial charge on any atom is -0.309 e. The second-order valence-corrected chi connectivity index (χ2v) is 24.1. The average molecular weight is 983 g/mol. The molecular weight excluding hydrogens is 933 g/mol. The number of fused-ring (bicyclic) bond motifs is 9. The Morgan fingerprint density at radius 3 is 1.32 bits per heavy atom. The van der Waals surface area contributed by atoms with Crippen molar-refractivity contribution in [3.05, 3.63) is 326 Å². The first kappa shape index (κ1) is 44.0. The fourth-order valence-corrected chi connectivity index (χ4v) is 18.3. The van der Waals surface area contributed by atoms with Crippen LogP contribution in [0.25, 0.3) is 77.2 Å². The second kappa shape index (κ2) is 17.6. The van der Waals surface area contributed by atoms with Gasteiger partial charge in [-0.1, -0.05) is 255 Å². The lowest BCUT2D eigenvalue weighted by atomic mass is 9.67. The molecule has 2 heterocycles. The third-order valence-corrected chi connectivity index (χ3v) is 21.4. The third-order valence-electron chi connectivity index (χ3n) is 16.6.